The summed E-state index contributed by atoms with van der Waals surface area (Å²) >= 11 is 0. The Balaban J connectivity index is 0.987. The van der Waals surface area contributed by atoms with Gasteiger partial charge in [-0.05, 0) is 62.1 Å². The monoisotopic (exact) mass is 528 g/mol. The van der Waals surface area contributed by atoms with E-state index in [1.165, 1.54) is 12.1 Å². The second-order valence-corrected chi connectivity index (χ2v) is 12.1. The highest BCUT2D eigenvalue weighted by Gasteiger charge is 2.33. The van der Waals surface area contributed by atoms with Crippen LogP contribution in [0.5, 0.6) is 17.2 Å². The van der Waals surface area contributed by atoms with E-state index < -0.39 is 9.84 Å². The molecule has 1 unspecified atom stereocenters. The van der Waals surface area contributed by atoms with Gasteiger partial charge in [0.25, 0.3) is 0 Å². The van der Waals surface area contributed by atoms with E-state index in [9.17, 15) is 13.2 Å². The first-order chi connectivity index (χ1) is 18.0. The molecule has 0 N–H and O–H groups in total. The zero-order valence-corrected chi connectivity index (χ0v) is 21.5. The Morgan fingerprint density at radius 2 is 1.57 bits per heavy atom. The Morgan fingerprint density at radius 3 is 2.27 bits per heavy atom. The fraction of sp³-hybridized carbons (Fsp3) is 0.519. The molecule has 198 valence electrons. The van der Waals surface area contributed by atoms with Crippen LogP contribution in [-0.2, 0) is 19.4 Å². The van der Waals surface area contributed by atoms with E-state index in [2.05, 4.69) is 4.90 Å². The molecule has 0 aromatic heterocycles. The summed E-state index contributed by atoms with van der Waals surface area (Å²) in [6.45, 7) is 4.41. The molecule has 6 rings (SSSR count). The molecule has 4 aliphatic heterocycles. The van der Waals surface area contributed by atoms with Crippen molar-refractivity contribution in [3.8, 4) is 17.2 Å². The molecule has 9 nitrogen and oxygen atoms in total. The highest BCUT2D eigenvalue weighted by atomic mass is 32.2. The zero-order chi connectivity index (χ0) is 25.4. The maximum Gasteiger partial charge on any atom is 0.231 e. The molecule has 4 aliphatic rings. The van der Waals surface area contributed by atoms with Crippen molar-refractivity contribution in [3.63, 3.8) is 0 Å². The Bertz CT molecular complexity index is 1230. The van der Waals surface area contributed by atoms with Crippen molar-refractivity contribution < 1.29 is 32.2 Å². The molecule has 0 aliphatic carbocycles. The van der Waals surface area contributed by atoms with Crippen molar-refractivity contribution in [1.29, 1.82) is 0 Å². The van der Waals surface area contributed by atoms with Crippen LogP contribution in [0.4, 0.5) is 0 Å². The maximum absolute atomic E-state index is 13.1. The molecular formula is C27H32N2O7S. The number of amides is 1. The number of carbonyl (C=O) groups is 1. The van der Waals surface area contributed by atoms with E-state index in [-0.39, 0.29) is 34.7 Å². The molecule has 2 aromatic rings. The van der Waals surface area contributed by atoms with Crippen LogP contribution in [-0.4, -0.2) is 82.0 Å². The molecule has 0 saturated carbocycles. The summed E-state index contributed by atoms with van der Waals surface area (Å²) in [6, 6.07) is 11.8. The molecule has 37 heavy (non-hydrogen) atoms. The smallest absolute Gasteiger partial charge is 0.231 e. The lowest BCUT2D eigenvalue weighted by atomic mass is 9.98. The van der Waals surface area contributed by atoms with E-state index in [0.29, 0.717) is 29.7 Å². The van der Waals surface area contributed by atoms with Crippen LogP contribution in [0.2, 0.25) is 0 Å². The number of benzene rings is 2. The minimum Gasteiger partial charge on any atom is -0.490 e. The number of carbonyl (C=O) groups excluding carboxylic acids is 1. The topological polar surface area (TPSA) is 97.9 Å². The molecule has 0 bridgehead atoms. The summed E-state index contributed by atoms with van der Waals surface area (Å²) in [4.78, 5) is 17.2. The number of nitrogens with zero attached hydrogens (tertiary/aromatic N) is 2. The maximum atomic E-state index is 13.1. The van der Waals surface area contributed by atoms with E-state index in [4.69, 9.17) is 18.9 Å². The number of fused-ring (bicyclic) bond motifs is 1. The van der Waals surface area contributed by atoms with Gasteiger partial charge in [-0.2, -0.15) is 0 Å². The predicted molar refractivity (Wildman–Crippen MR) is 134 cm³/mol. The predicted octanol–water partition coefficient (Wildman–Crippen LogP) is 2.87. The van der Waals surface area contributed by atoms with Crippen molar-refractivity contribution in [3.05, 3.63) is 42.5 Å². The highest BCUT2D eigenvalue weighted by Crippen LogP contribution is 2.36. The molecule has 1 amide bonds. The molecule has 4 heterocycles. The minimum atomic E-state index is -3.67. The van der Waals surface area contributed by atoms with Crippen LogP contribution in [0, 0.1) is 0 Å². The van der Waals surface area contributed by atoms with E-state index in [1.54, 1.807) is 30.3 Å². The van der Waals surface area contributed by atoms with Crippen molar-refractivity contribution in [2.24, 2.45) is 0 Å². The van der Waals surface area contributed by atoms with Crippen LogP contribution in [0.25, 0.3) is 0 Å². The van der Waals surface area contributed by atoms with Gasteiger partial charge in [0.1, 0.15) is 11.9 Å². The van der Waals surface area contributed by atoms with Crippen molar-refractivity contribution >= 4 is 15.7 Å². The summed E-state index contributed by atoms with van der Waals surface area (Å²) in [5, 5.41) is 0. The van der Waals surface area contributed by atoms with Gasteiger partial charge < -0.3 is 23.8 Å². The van der Waals surface area contributed by atoms with Crippen molar-refractivity contribution in [2.45, 2.75) is 60.1 Å². The van der Waals surface area contributed by atoms with E-state index >= 15 is 0 Å². The Hall–Kier alpha value is -2.82. The fourth-order valence-electron chi connectivity index (χ4n) is 5.42. The second-order valence-electron chi connectivity index (χ2n) is 10.1. The van der Waals surface area contributed by atoms with Gasteiger partial charge in [-0.1, -0.05) is 0 Å². The lowest BCUT2D eigenvalue weighted by Gasteiger charge is -2.41. The van der Waals surface area contributed by atoms with Gasteiger partial charge in [0.05, 0.1) is 28.9 Å². The molecule has 3 saturated heterocycles. The van der Waals surface area contributed by atoms with Gasteiger partial charge in [0.15, 0.2) is 11.5 Å². The molecule has 10 heteroatoms. The minimum absolute atomic E-state index is 0.0978. The summed E-state index contributed by atoms with van der Waals surface area (Å²) in [7, 11) is -3.67. The molecule has 2 aromatic carbocycles. The molecule has 3 fully saturated rings. The van der Waals surface area contributed by atoms with Crippen LogP contribution < -0.4 is 14.2 Å². The number of likely N-dealkylation sites (tertiary alicyclic amines) is 2. The second kappa shape index (κ2) is 10.2. The Labute approximate surface area is 217 Å². The van der Waals surface area contributed by atoms with Crippen LogP contribution >= 0.6 is 0 Å². The average molecular weight is 529 g/mol. The quantitative estimate of drug-likeness (QED) is 0.506. The molecular weight excluding hydrogens is 496 g/mol. The largest absolute Gasteiger partial charge is 0.490 e. The van der Waals surface area contributed by atoms with Gasteiger partial charge in [-0.25, -0.2) is 8.42 Å². The van der Waals surface area contributed by atoms with E-state index in [1.807, 2.05) is 4.90 Å². The molecule has 1 atom stereocenters. The number of epoxide rings is 1. The zero-order valence-electron chi connectivity index (χ0n) is 20.7. The Kier molecular flexibility index (Phi) is 6.73. The molecule has 0 radical (unpaired) electrons. The first-order valence-electron chi connectivity index (χ1n) is 13.0. The summed E-state index contributed by atoms with van der Waals surface area (Å²) in [5.41, 5.74) is 0. The van der Waals surface area contributed by atoms with Crippen molar-refractivity contribution in [1.82, 2.24) is 9.80 Å². The number of ether oxygens (including phenoxy) is 4. The lowest BCUT2D eigenvalue weighted by Crippen LogP contribution is -2.50. The third kappa shape index (κ3) is 5.42. The van der Waals surface area contributed by atoms with Crippen molar-refractivity contribution in [2.75, 3.05) is 39.6 Å². The van der Waals surface area contributed by atoms with Gasteiger partial charge in [0, 0.05) is 38.3 Å². The van der Waals surface area contributed by atoms with Gasteiger partial charge in [-0.15, -0.1) is 0 Å². The number of hydrogen-bond donors (Lipinski definition) is 0. The van der Waals surface area contributed by atoms with Crippen LogP contribution in [0.3, 0.4) is 0 Å². The first-order valence-corrected chi connectivity index (χ1v) is 14.5. The summed E-state index contributed by atoms with van der Waals surface area (Å²) < 4.78 is 48.1. The van der Waals surface area contributed by atoms with Crippen LogP contribution in [0.1, 0.15) is 32.1 Å². The highest BCUT2D eigenvalue weighted by molar-refractivity contribution is 7.91. The molecule has 0 spiro atoms. The van der Waals surface area contributed by atoms with Gasteiger partial charge in [-0.3, -0.25) is 9.69 Å². The normalized spacial score (nSPS) is 22.7. The Morgan fingerprint density at radius 1 is 0.892 bits per heavy atom. The van der Waals surface area contributed by atoms with Crippen LogP contribution in [0.15, 0.2) is 52.3 Å². The SMILES string of the molecule is O=C(CC1CO1)N1CCC(N2CCC(Oc3ccc(S(=O)(=O)c4ccc5c(c4)OCO5)cc3)CC2)CC1. The van der Waals surface area contributed by atoms with Gasteiger partial charge >= 0.3 is 0 Å². The van der Waals surface area contributed by atoms with E-state index in [0.717, 1.165) is 58.5 Å². The third-order valence-corrected chi connectivity index (χ3v) is 9.47. The third-order valence-electron chi connectivity index (χ3n) is 7.71. The summed E-state index contributed by atoms with van der Waals surface area (Å²) in [5.74, 6) is 1.89. The number of rotatable bonds is 7. The van der Waals surface area contributed by atoms with Gasteiger partial charge in [0.2, 0.25) is 22.5 Å². The number of hydrogen-bond acceptors (Lipinski definition) is 8. The fourth-order valence-corrected chi connectivity index (χ4v) is 6.69. The average Bonchev–Trinajstić information content (AvgIpc) is 3.61. The number of sulfone groups is 1. The lowest BCUT2D eigenvalue weighted by molar-refractivity contribution is -0.133. The first kappa shape index (κ1) is 24.5. The summed E-state index contributed by atoms with van der Waals surface area (Å²) in [6.07, 6.45) is 4.67. The number of piperidine rings is 2. The standard InChI is InChI=1S/C27H32N2O7S/c30-27(15-22-17-33-22)29-11-7-19(8-12-29)28-13-9-21(10-14-28)36-20-1-3-23(4-2-20)37(31,32)24-5-6-25-26(16-24)35-18-34-25/h1-6,16,19,21-22H,7-15,17-18H2.